The lowest BCUT2D eigenvalue weighted by atomic mass is 9.90. The molecular weight excluding hydrogens is 218 g/mol. The van der Waals surface area contributed by atoms with Crippen molar-refractivity contribution in [2.75, 3.05) is 0 Å². The normalized spacial score (nSPS) is 14.4. The lowest BCUT2D eigenvalue weighted by Gasteiger charge is -2.20. The maximum absolute atomic E-state index is 6.29. The lowest BCUT2D eigenvalue weighted by Crippen LogP contribution is -2.26. The maximum atomic E-state index is 6.29. The minimum absolute atomic E-state index is 0.304. The predicted molar refractivity (Wildman–Crippen MR) is 80.8 cm³/mol. The van der Waals surface area contributed by atoms with Gasteiger partial charge in [-0.1, -0.05) is 82.7 Å². The van der Waals surface area contributed by atoms with Crippen molar-refractivity contribution in [2.45, 2.75) is 70.8 Å². The van der Waals surface area contributed by atoms with E-state index >= 15 is 0 Å². The van der Waals surface area contributed by atoms with Gasteiger partial charge in [0.25, 0.3) is 0 Å². The molecule has 1 heteroatoms. The molecule has 1 rings (SSSR count). The topological polar surface area (TPSA) is 26.0 Å². The second kappa shape index (κ2) is 9.16. The molecule has 0 fully saturated rings. The van der Waals surface area contributed by atoms with Gasteiger partial charge in [0.15, 0.2) is 0 Å². The van der Waals surface area contributed by atoms with Crippen molar-refractivity contribution in [3.8, 4) is 0 Å². The zero-order valence-corrected chi connectivity index (χ0v) is 12.1. The van der Waals surface area contributed by atoms with Crippen LogP contribution in [0.1, 0.15) is 70.3 Å². The first-order valence-electron chi connectivity index (χ1n) is 7.56. The Balaban J connectivity index is 2.18. The molecule has 2 N–H and O–H groups in total. The second-order valence-corrected chi connectivity index (χ2v) is 5.42. The predicted octanol–water partition coefficient (Wildman–Crippen LogP) is 4.87. The van der Waals surface area contributed by atoms with Gasteiger partial charge in [-0.2, -0.15) is 0 Å². The zero-order valence-electron chi connectivity index (χ0n) is 12.1. The first-order valence-corrected chi connectivity index (χ1v) is 7.56. The van der Waals surface area contributed by atoms with E-state index in [-0.39, 0.29) is 0 Å². The molecule has 2 atom stereocenters. The standard InChI is InChI=1S/C17H29N/c1-3-4-5-6-7-11-14-17(18)15(2)16-12-9-8-10-13-16/h8-10,12-13,15,17H,3-7,11,14,18H2,1-2H3. The summed E-state index contributed by atoms with van der Waals surface area (Å²) in [5, 5.41) is 0. The van der Waals surface area contributed by atoms with E-state index in [9.17, 15) is 0 Å². The summed E-state index contributed by atoms with van der Waals surface area (Å²) in [7, 11) is 0. The van der Waals surface area contributed by atoms with Crippen LogP contribution in [0.15, 0.2) is 30.3 Å². The number of rotatable bonds is 9. The van der Waals surface area contributed by atoms with Gasteiger partial charge in [-0.3, -0.25) is 0 Å². The highest BCUT2D eigenvalue weighted by Gasteiger charge is 2.13. The molecule has 0 aliphatic carbocycles. The van der Waals surface area contributed by atoms with Crippen molar-refractivity contribution >= 4 is 0 Å². The highest BCUT2D eigenvalue weighted by molar-refractivity contribution is 5.20. The molecule has 1 nitrogen and oxygen atoms in total. The van der Waals surface area contributed by atoms with Crippen molar-refractivity contribution in [1.29, 1.82) is 0 Å². The van der Waals surface area contributed by atoms with E-state index in [1.807, 2.05) is 0 Å². The van der Waals surface area contributed by atoms with Crippen LogP contribution in [-0.2, 0) is 0 Å². The van der Waals surface area contributed by atoms with E-state index in [0.717, 1.165) is 6.42 Å². The summed E-state index contributed by atoms with van der Waals surface area (Å²) in [6.07, 6.45) is 9.25. The quantitative estimate of drug-likeness (QED) is 0.619. The van der Waals surface area contributed by atoms with Gasteiger partial charge in [-0.15, -0.1) is 0 Å². The summed E-state index contributed by atoms with van der Waals surface area (Å²) >= 11 is 0. The third-order valence-corrected chi connectivity index (χ3v) is 3.86. The summed E-state index contributed by atoms with van der Waals surface area (Å²) in [6.45, 7) is 4.51. The Hall–Kier alpha value is -0.820. The Morgan fingerprint density at radius 1 is 0.944 bits per heavy atom. The Morgan fingerprint density at radius 2 is 1.56 bits per heavy atom. The monoisotopic (exact) mass is 247 g/mol. The maximum Gasteiger partial charge on any atom is 0.0105 e. The summed E-state index contributed by atoms with van der Waals surface area (Å²) in [6, 6.07) is 10.9. The van der Waals surface area contributed by atoms with Gasteiger partial charge in [-0.25, -0.2) is 0 Å². The molecule has 0 radical (unpaired) electrons. The van der Waals surface area contributed by atoms with Gasteiger partial charge >= 0.3 is 0 Å². The fourth-order valence-corrected chi connectivity index (χ4v) is 2.41. The van der Waals surface area contributed by atoms with Crippen LogP contribution in [0.3, 0.4) is 0 Å². The van der Waals surface area contributed by atoms with Crippen molar-refractivity contribution < 1.29 is 0 Å². The van der Waals surface area contributed by atoms with Crippen molar-refractivity contribution in [3.63, 3.8) is 0 Å². The summed E-state index contributed by atoms with van der Waals surface area (Å²) in [5.41, 5.74) is 7.66. The molecular formula is C17H29N. The summed E-state index contributed by atoms with van der Waals surface area (Å²) in [4.78, 5) is 0. The molecule has 0 saturated heterocycles. The highest BCUT2D eigenvalue weighted by Crippen LogP contribution is 2.21. The Kier molecular flexibility index (Phi) is 7.75. The van der Waals surface area contributed by atoms with Crippen molar-refractivity contribution in [2.24, 2.45) is 5.73 Å². The first-order chi connectivity index (χ1) is 8.75. The van der Waals surface area contributed by atoms with Crippen LogP contribution in [0.5, 0.6) is 0 Å². The molecule has 0 bridgehead atoms. The molecule has 1 aromatic carbocycles. The molecule has 1 aromatic rings. The second-order valence-electron chi connectivity index (χ2n) is 5.42. The van der Waals surface area contributed by atoms with E-state index in [1.165, 1.54) is 44.1 Å². The van der Waals surface area contributed by atoms with Gasteiger partial charge in [0.2, 0.25) is 0 Å². The minimum atomic E-state index is 0.304. The van der Waals surface area contributed by atoms with Crippen LogP contribution in [0.25, 0.3) is 0 Å². The average Bonchev–Trinajstić information content (AvgIpc) is 2.42. The number of benzene rings is 1. The Labute approximate surface area is 113 Å². The van der Waals surface area contributed by atoms with Crippen LogP contribution in [0, 0.1) is 0 Å². The molecule has 2 unspecified atom stereocenters. The van der Waals surface area contributed by atoms with Gasteiger partial charge in [0.05, 0.1) is 0 Å². The molecule has 0 aromatic heterocycles. The summed E-state index contributed by atoms with van der Waals surface area (Å²) < 4.78 is 0. The van der Waals surface area contributed by atoms with Crippen molar-refractivity contribution in [3.05, 3.63) is 35.9 Å². The van der Waals surface area contributed by atoms with Crippen LogP contribution in [0.2, 0.25) is 0 Å². The van der Waals surface area contributed by atoms with E-state index < -0.39 is 0 Å². The van der Waals surface area contributed by atoms with Crippen LogP contribution in [0.4, 0.5) is 0 Å². The van der Waals surface area contributed by atoms with Crippen LogP contribution < -0.4 is 5.73 Å². The SMILES string of the molecule is CCCCCCCCC(N)C(C)c1ccccc1. The molecule has 102 valence electrons. The third kappa shape index (κ3) is 5.68. The van der Waals surface area contributed by atoms with Crippen LogP contribution >= 0.6 is 0 Å². The lowest BCUT2D eigenvalue weighted by molar-refractivity contribution is 0.487. The molecule has 0 amide bonds. The molecule has 18 heavy (non-hydrogen) atoms. The highest BCUT2D eigenvalue weighted by atomic mass is 14.6. The van der Waals surface area contributed by atoms with Crippen molar-refractivity contribution in [1.82, 2.24) is 0 Å². The smallest absolute Gasteiger partial charge is 0.0105 e. The van der Waals surface area contributed by atoms with Gasteiger partial charge < -0.3 is 5.73 Å². The number of hydrogen-bond acceptors (Lipinski definition) is 1. The molecule has 0 saturated carbocycles. The molecule has 0 aliphatic heterocycles. The van der Waals surface area contributed by atoms with E-state index in [2.05, 4.69) is 44.2 Å². The number of hydrogen-bond donors (Lipinski definition) is 1. The molecule has 0 spiro atoms. The fourth-order valence-electron chi connectivity index (χ4n) is 2.41. The van der Waals surface area contributed by atoms with E-state index in [1.54, 1.807) is 0 Å². The Morgan fingerprint density at radius 3 is 2.22 bits per heavy atom. The van der Waals surface area contributed by atoms with Crippen LogP contribution in [-0.4, -0.2) is 6.04 Å². The van der Waals surface area contributed by atoms with E-state index in [0.29, 0.717) is 12.0 Å². The van der Waals surface area contributed by atoms with Gasteiger partial charge in [0.1, 0.15) is 0 Å². The average molecular weight is 247 g/mol. The number of nitrogens with two attached hydrogens (primary N) is 1. The largest absolute Gasteiger partial charge is 0.327 e. The Bertz CT molecular complexity index is 294. The molecule has 0 aliphatic rings. The zero-order chi connectivity index (χ0) is 13.2. The van der Waals surface area contributed by atoms with E-state index in [4.69, 9.17) is 5.73 Å². The minimum Gasteiger partial charge on any atom is -0.327 e. The fraction of sp³-hybridized carbons (Fsp3) is 0.647. The first kappa shape index (κ1) is 15.2. The number of unbranched alkanes of at least 4 members (excludes halogenated alkanes) is 5. The third-order valence-electron chi connectivity index (χ3n) is 3.86. The van der Waals surface area contributed by atoms with Gasteiger partial charge in [-0.05, 0) is 17.9 Å². The summed E-state index contributed by atoms with van der Waals surface area (Å²) in [5.74, 6) is 0.474. The van der Waals surface area contributed by atoms with Gasteiger partial charge in [0, 0.05) is 6.04 Å². The molecule has 0 heterocycles.